The van der Waals surface area contributed by atoms with Crippen LogP contribution in [0.5, 0.6) is 0 Å². The first-order chi connectivity index (χ1) is 11.2. The van der Waals surface area contributed by atoms with E-state index < -0.39 is 0 Å². The third-order valence-corrected chi connectivity index (χ3v) is 5.04. The smallest absolute Gasteiger partial charge is 0.317 e. The molecule has 3 rings (SSSR count). The lowest BCUT2D eigenvalue weighted by molar-refractivity contribution is 0.0818. The minimum Gasteiger partial charge on any atom is -0.381 e. The molecule has 2 saturated heterocycles. The number of imidazole rings is 1. The molecule has 1 aromatic rings. The van der Waals surface area contributed by atoms with Gasteiger partial charge < -0.3 is 19.5 Å². The molecular weight excluding hydrogens is 292 g/mol. The number of rotatable bonds is 3. The maximum Gasteiger partial charge on any atom is 0.317 e. The molecule has 6 nitrogen and oxygen atoms in total. The Morgan fingerprint density at radius 2 is 2.00 bits per heavy atom. The van der Waals surface area contributed by atoms with Crippen LogP contribution in [0.3, 0.4) is 0 Å². The number of hydrogen-bond acceptors (Lipinski definition) is 3. The van der Waals surface area contributed by atoms with Gasteiger partial charge in [0, 0.05) is 56.7 Å². The number of ether oxygens (including phenoxy) is 1. The minimum absolute atomic E-state index is 0.0676. The number of aryl methyl sites for hydroxylation is 1. The average Bonchev–Trinajstić information content (AvgIpc) is 2.97. The summed E-state index contributed by atoms with van der Waals surface area (Å²) in [7, 11) is 0. The first-order valence-electron chi connectivity index (χ1n) is 8.85. The molecular formula is C17H28N4O2. The Kier molecular flexibility index (Phi) is 5.20. The SMILES string of the molecule is CCNC(=O)N1CCC(n2c(C)cnc2C2CCOCC2)CC1. The highest BCUT2D eigenvalue weighted by atomic mass is 16.5. The zero-order valence-corrected chi connectivity index (χ0v) is 14.3. The van der Waals surface area contributed by atoms with Crippen LogP contribution in [-0.2, 0) is 4.74 Å². The van der Waals surface area contributed by atoms with E-state index in [2.05, 4.69) is 16.8 Å². The van der Waals surface area contributed by atoms with Crippen molar-refractivity contribution in [3.63, 3.8) is 0 Å². The van der Waals surface area contributed by atoms with Crippen LogP contribution < -0.4 is 5.32 Å². The zero-order valence-electron chi connectivity index (χ0n) is 14.3. The van der Waals surface area contributed by atoms with Crippen LogP contribution in [0.2, 0.25) is 0 Å². The van der Waals surface area contributed by atoms with E-state index in [4.69, 9.17) is 9.72 Å². The molecule has 2 aliphatic heterocycles. The van der Waals surface area contributed by atoms with Gasteiger partial charge in [-0.3, -0.25) is 0 Å². The number of piperidine rings is 1. The van der Waals surface area contributed by atoms with Gasteiger partial charge in [-0.1, -0.05) is 0 Å². The number of likely N-dealkylation sites (tertiary alicyclic amines) is 1. The molecule has 128 valence electrons. The van der Waals surface area contributed by atoms with Crippen LogP contribution in [-0.4, -0.2) is 53.3 Å². The van der Waals surface area contributed by atoms with Crippen LogP contribution in [0.25, 0.3) is 0 Å². The minimum atomic E-state index is 0.0676. The van der Waals surface area contributed by atoms with E-state index in [0.29, 0.717) is 18.5 Å². The lowest BCUT2D eigenvalue weighted by Gasteiger charge is -2.35. The van der Waals surface area contributed by atoms with Crippen LogP contribution in [0.4, 0.5) is 4.79 Å². The van der Waals surface area contributed by atoms with Gasteiger partial charge in [-0.25, -0.2) is 9.78 Å². The summed E-state index contributed by atoms with van der Waals surface area (Å²) in [6.07, 6.45) is 6.14. The van der Waals surface area contributed by atoms with Crippen molar-refractivity contribution >= 4 is 6.03 Å². The van der Waals surface area contributed by atoms with Gasteiger partial charge in [0.2, 0.25) is 0 Å². The quantitative estimate of drug-likeness (QED) is 0.930. The van der Waals surface area contributed by atoms with Crippen LogP contribution in [0.1, 0.15) is 56.1 Å². The highest BCUT2D eigenvalue weighted by Gasteiger charge is 2.28. The summed E-state index contributed by atoms with van der Waals surface area (Å²) in [5.74, 6) is 1.74. The highest BCUT2D eigenvalue weighted by molar-refractivity contribution is 5.74. The Morgan fingerprint density at radius 3 is 2.65 bits per heavy atom. The molecule has 2 fully saturated rings. The summed E-state index contributed by atoms with van der Waals surface area (Å²) in [6, 6.07) is 0.527. The molecule has 0 unspecified atom stereocenters. The Bertz CT molecular complexity index is 529. The maximum absolute atomic E-state index is 12.0. The molecule has 0 aliphatic carbocycles. The van der Waals surface area contributed by atoms with Crippen molar-refractivity contribution in [1.82, 2.24) is 19.8 Å². The van der Waals surface area contributed by atoms with E-state index in [0.717, 1.165) is 52.0 Å². The molecule has 1 N–H and O–H groups in total. The molecule has 0 aromatic carbocycles. The van der Waals surface area contributed by atoms with Crippen molar-refractivity contribution in [3.05, 3.63) is 17.7 Å². The summed E-state index contributed by atoms with van der Waals surface area (Å²) in [5, 5.41) is 2.89. The molecule has 2 aliphatic rings. The Hall–Kier alpha value is -1.56. The van der Waals surface area contributed by atoms with Gasteiger partial charge in [0.05, 0.1) is 0 Å². The molecule has 2 amide bonds. The third-order valence-electron chi connectivity index (χ3n) is 5.04. The lowest BCUT2D eigenvalue weighted by Crippen LogP contribution is -2.44. The van der Waals surface area contributed by atoms with Gasteiger partial charge in [0.25, 0.3) is 0 Å². The van der Waals surface area contributed by atoms with E-state index in [-0.39, 0.29) is 6.03 Å². The van der Waals surface area contributed by atoms with E-state index in [1.54, 1.807) is 0 Å². The second-order valence-corrected chi connectivity index (χ2v) is 6.57. The third kappa shape index (κ3) is 3.52. The van der Waals surface area contributed by atoms with Crippen molar-refractivity contribution < 1.29 is 9.53 Å². The normalized spacial score (nSPS) is 20.7. The number of carbonyl (C=O) groups excluding carboxylic acids is 1. The molecule has 0 bridgehead atoms. The average molecular weight is 320 g/mol. The summed E-state index contributed by atoms with van der Waals surface area (Å²) in [4.78, 5) is 18.6. The Morgan fingerprint density at radius 1 is 1.30 bits per heavy atom. The summed E-state index contributed by atoms with van der Waals surface area (Å²) in [6.45, 7) is 8.11. The number of aromatic nitrogens is 2. The molecule has 6 heteroatoms. The molecule has 3 heterocycles. The second kappa shape index (κ2) is 7.34. The van der Waals surface area contributed by atoms with E-state index >= 15 is 0 Å². The van der Waals surface area contributed by atoms with Crippen molar-refractivity contribution in [1.29, 1.82) is 0 Å². The molecule has 1 aromatic heterocycles. The summed E-state index contributed by atoms with van der Waals surface area (Å²) in [5.41, 5.74) is 1.24. The van der Waals surface area contributed by atoms with Crippen molar-refractivity contribution in [3.8, 4) is 0 Å². The van der Waals surface area contributed by atoms with Crippen molar-refractivity contribution in [2.45, 2.75) is 51.5 Å². The van der Waals surface area contributed by atoms with E-state index in [1.165, 1.54) is 11.5 Å². The Balaban J connectivity index is 1.68. The predicted octanol–water partition coefficient (Wildman–Crippen LogP) is 2.45. The summed E-state index contributed by atoms with van der Waals surface area (Å²) < 4.78 is 7.92. The second-order valence-electron chi connectivity index (χ2n) is 6.57. The van der Waals surface area contributed by atoms with Crippen LogP contribution >= 0.6 is 0 Å². The molecule has 0 radical (unpaired) electrons. The molecule has 0 saturated carbocycles. The number of nitrogens with one attached hydrogen (secondary N) is 1. The fraction of sp³-hybridized carbons (Fsp3) is 0.765. The highest BCUT2D eigenvalue weighted by Crippen LogP contribution is 2.32. The van der Waals surface area contributed by atoms with Gasteiger partial charge in [-0.05, 0) is 39.5 Å². The van der Waals surface area contributed by atoms with Crippen molar-refractivity contribution in [2.24, 2.45) is 0 Å². The lowest BCUT2D eigenvalue weighted by atomic mass is 9.97. The van der Waals surface area contributed by atoms with E-state index in [9.17, 15) is 4.79 Å². The monoisotopic (exact) mass is 320 g/mol. The van der Waals surface area contributed by atoms with Gasteiger partial charge >= 0.3 is 6.03 Å². The van der Waals surface area contributed by atoms with Gasteiger partial charge in [-0.2, -0.15) is 0 Å². The largest absolute Gasteiger partial charge is 0.381 e. The number of amides is 2. The van der Waals surface area contributed by atoms with Gasteiger partial charge in [0.15, 0.2) is 0 Å². The number of urea groups is 1. The molecule has 23 heavy (non-hydrogen) atoms. The molecule has 0 spiro atoms. The number of hydrogen-bond donors (Lipinski definition) is 1. The number of carbonyl (C=O) groups is 1. The van der Waals surface area contributed by atoms with Crippen LogP contribution in [0.15, 0.2) is 6.20 Å². The first kappa shape index (κ1) is 16.3. The van der Waals surface area contributed by atoms with Gasteiger partial charge in [-0.15, -0.1) is 0 Å². The summed E-state index contributed by atoms with van der Waals surface area (Å²) >= 11 is 0. The van der Waals surface area contributed by atoms with E-state index in [1.807, 2.05) is 18.0 Å². The van der Waals surface area contributed by atoms with Crippen LogP contribution in [0, 0.1) is 6.92 Å². The Labute approximate surface area is 138 Å². The maximum atomic E-state index is 12.0. The fourth-order valence-corrected chi connectivity index (χ4v) is 3.79. The van der Waals surface area contributed by atoms with Crippen molar-refractivity contribution in [2.75, 3.05) is 32.8 Å². The topological polar surface area (TPSA) is 59.4 Å². The standard InChI is InChI=1S/C17H28N4O2/c1-3-18-17(22)20-8-4-15(5-9-20)21-13(2)12-19-16(21)14-6-10-23-11-7-14/h12,14-15H,3-11H2,1-2H3,(H,18,22). The molecule has 0 atom stereocenters. The predicted molar refractivity (Wildman–Crippen MR) is 88.7 cm³/mol. The zero-order chi connectivity index (χ0) is 16.2. The number of nitrogens with zero attached hydrogens (tertiary/aromatic N) is 3. The fourth-order valence-electron chi connectivity index (χ4n) is 3.79. The van der Waals surface area contributed by atoms with Gasteiger partial charge in [0.1, 0.15) is 5.82 Å². The first-order valence-corrected chi connectivity index (χ1v) is 8.85.